The van der Waals surface area contributed by atoms with Crippen LogP contribution in [0.2, 0.25) is 0 Å². The van der Waals surface area contributed by atoms with Crippen molar-refractivity contribution in [3.8, 4) is 33.9 Å². The van der Waals surface area contributed by atoms with Crippen molar-refractivity contribution in [3.63, 3.8) is 0 Å². The van der Waals surface area contributed by atoms with Gasteiger partial charge in [-0.2, -0.15) is 0 Å². The molecule has 3 aromatic carbocycles. The number of carbonyl (C=O) groups is 1. The highest BCUT2D eigenvalue weighted by Crippen LogP contribution is 2.45. The molecule has 0 bridgehead atoms. The molecule has 0 spiro atoms. The van der Waals surface area contributed by atoms with Crippen molar-refractivity contribution in [2.24, 2.45) is 0 Å². The van der Waals surface area contributed by atoms with Crippen LogP contribution in [-0.4, -0.2) is 27.7 Å². The van der Waals surface area contributed by atoms with Crippen molar-refractivity contribution < 1.29 is 23.8 Å². The lowest BCUT2D eigenvalue weighted by molar-refractivity contribution is -0.137. The van der Waals surface area contributed by atoms with Crippen molar-refractivity contribution in [1.29, 1.82) is 0 Å². The van der Waals surface area contributed by atoms with Gasteiger partial charge in [-0.05, 0) is 91.6 Å². The second-order valence-corrected chi connectivity index (χ2v) is 11.5. The maximum atomic E-state index is 15.3. The molecule has 1 aromatic heterocycles. The Bertz CT molecular complexity index is 1660. The number of aryl methyl sites for hydroxylation is 2. The largest absolute Gasteiger partial charge is 0.492 e. The van der Waals surface area contributed by atoms with E-state index < -0.39 is 12.1 Å². The summed E-state index contributed by atoms with van der Waals surface area (Å²) >= 11 is 0. The van der Waals surface area contributed by atoms with E-state index in [1.54, 1.807) is 12.1 Å². The molecule has 0 radical (unpaired) electrons. The van der Waals surface area contributed by atoms with E-state index in [-0.39, 0.29) is 18.2 Å². The normalized spacial score (nSPS) is 19.0. The minimum absolute atomic E-state index is 0.0249. The molecule has 1 unspecified atom stereocenters. The molecule has 1 fully saturated rings. The van der Waals surface area contributed by atoms with Crippen LogP contribution in [0.25, 0.3) is 22.4 Å². The average Bonchev–Trinajstić information content (AvgIpc) is 3.61. The van der Waals surface area contributed by atoms with E-state index in [2.05, 4.69) is 35.9 Å². The van der Waals surface area contributed by atoms with Crippen LogP contribution in [0.5, 0.6) is 11.5 Å². The highest BCUT2D eigenvalue weighted by atomic mass is 19.1. The second-order valence-electron chi connectivity index (χ2n) is 11.5. The van der Waals surface area contributed by atoms with Gasteiger partial charge in [-0.3, -0.25) is 14.8 Å². The Labute approximate surface area is 238 Å². The summed E-state index contributed by atoms with van der Waals surface area (Å²) in [5.74, 6) is 0.520. The smallest absolute Gasteiger partial charge is 0.304 e. The second kappa shape index (κ2) is 9.98. The molecule has 0 saturated heterocycles. The molecule has 0 amide bonds. The van der Waals surface area contributed by atoms with Crippen LogP contribution in [0.3, 0.4) is 0 Å². The number of aromatic nitrogens is 2. The predicted octanol–water partition coefficient (Wildman–Crippen LogP) is 7.46. The van der Waals surface area contributed by atoms with Crippen molar-refractivity contribution >= 4 is 5.97 Å². The lowest BCUT2D eigenvalue weighted by Crippen LogP contribution is -2.07. The van der Waals surface area contributed by atoms with Gasteiger partial charge in [0.15, 0.2) is 0 Å². The molecule has 7 heteroatoms. The van der Waals surface area contributed by atoms with Gasteiger partial charge in [-0.15, -0.1) is 0 Å². The van der Waals surface area contributed by atoms with Gasteiger partial charge in [0.25, 0.3) is 0 Å². The highest BCUT2D eigenvalue weighted by molar-refractivity contribution is 5.79. The van der Waals surface area contributed by atoms with Crippen LogP contribution in [0.15, 0.2) is 54.9 Å². The van der Waals surface area contributed by atoms with Crippen LogP contribution >= 0.6 is 0 Å². The minimum atomic E-state index is -0.850. The molecular weight excluding hydrogens is 519 g/mol. The van der Waals surface area contributed by atoms with Gasteiger partial charge in [-0.25, -0.2) is 4.39 Å². The fourth-order valence-electron chi connectivity index (χ4n) is 6.51. The zero-order valence-corrected chi connectivity index (χ0v) is 23.1. The molecule has 208 valence electrons. The van der Waals surface area contributed by atoms with Crippen LogP contribution in [0, 0.1) is 19.7 Å². The molecular formula is C34H31FN2O4. The number of hydrogen-bond acceptors (Lipinski definition) is 5. The monoisotopic (exact) mass is 550 g/mol. The standard InChI is InChI=1S/C34H31FN2O4/c1-18-11-21(29-16-36-28(15-37-29)20-3-4-20)12-19(2)33(18)25-7-9-27(35)34-26(25)8-10-30(34)41-23-5-6-24-22(13-32(38)39)17-40-31(24)14-23/h5-7,9,11-12,14-16,20,22,30H,3-4,8,10,13,17H2,1-2H3,(H,38,39)/t22?,30-/m1/s1. The summed E-state index contributed by atoms with van der Waals surface area (Å²) in [5.41, 5.74) is 9.81. The number of fused-ring (bicyclic) bond motifs is 2. The van der Waals surface area contributed by atoms with E-state index in [1.165, 1.54) is 12.8 Å². The van der Waals surface area contributed by atoms with E-state index in [4.69, 9.17) is 9.47 Å². The Balaban J connectivity index is 1.17. The molecule has 7 rings (SSSR count). The Hall–Kier alpha value is -4.26. The minimum Gasteiger partial charge on any atom is -0.492 e. The van der Waals surface area contributed by atoms with Crippen molar-refractivity contribution in [1.82, 2.24) is 9.97 Å². The fraction of sp³-hybridized carbons (Fsp3) is 0.324. The first-order valence-electron chi connectivity index (χ1n) is 14.3. The molecule has 41 heavy (non-hydrogen) atoms. The summed E-state index contributed by atoms with van der Waals surface area (Å²) in [6.45, 7) is 4.53. The van der Waals surface area contributed by atoms with E-state index in [0.29, 0.717) is 42.4 Å². The lowest BCUT2D eigenvalue weighted by atomic mass is 9.88. The van der Waals surface area contributed by atoms with E-state index in [9.17, 15) is 9.90 Å². The van der Waals surface area contributed by atoms with Gasteiger partial charge in [-0.1, -0.05) is 12.1 Å². The fourth-order valence-corrected chi connectivity index (χ4v) is 6.51. The summed E-state index contributed by atoms with van der Waals surface area (Å²) in [6, 6.07) is 13.2. The van der Waals surface area contributed by atoms with Gasteiger partial charge in [0, 0.05) is 40.8 Å². The number of carboxylic acids is 1. The number of rotatable bonds is 7. The topological polar surface area (TPSA) is 81.5 Å². The summed E-state index contributed by atoms with van der Waals surface area (Å²) in [4.78, 5) is 20.5. The third-order valence-corrected chi connectivity index (χ3v) is 8.61. The van der Waals surface area contributed by atoms with Crippen LogP contribution < -0.4 is 9.47 Å². The van der Waals surface area contributed by atoms with Gasteiger partial charge in [0.1, 0.15) is 23.4 Å². The molecule has 1 aliphatic heterocycles. The van der Waals surface area contributed by atoms with Gasteiger partial charge in [0.05, 0.1) is 30.6 Å². The van der Waals surface area contributed by atoms with E-state index in [0.717, 1.165) is 50.3 Å². The number of aliphatic carboxylic acids is 1. The first-order chi connectivity index (χ1) is 19.9. The third kappa shape index (κ3) is 4.73. The SMILES string of the molecule is Cc1cc(-c2cnc(C3CC3)cn2)cc(C)c1-c1ccc(F)c2c1CC[C@H]2Oc1ccc2c(c1)OCC2CC(=O)O. The number of hydrogen-bond donors (Lipinski definition) is 1. The molecule has 3 aliphatic rings. The predicted molar refractivity (Wildman–Crippen MR) is 153 cm³/mol. The number of ether oxygens (including phenoxy) is 2. The highest BCUT2D eigenvalue weighted by Gasteiger charge is 2.32. The molecule has 1 N–H and O–H groups in total. The van der Waals surface area contributed by atoms with Gasteiger partial charge in [0.2, 0.25) is 0 Å². The first kappa shape index (κ1) is 25.7. The van der Waals surface area contributed by atoms with E-state index in [1.807, 2.05) is 30.6 Å². The van der Waals surface area contributed by atoms with E-state index >= 15 is 4.39 Å². The van der Waals surface area contributed by atoms with Crippen molar-refractivity contribution in [2.75, 3.05) is 6.61 Å². The average molecular weight is 551 g/mol. The Kier molecular flexibility index (Phi) is 6.25. The molecule has 2 heterocycles. The van der Waals surface area contributed by atoms with Gasteiger partial charge < -0.3 is 14.6 Å². The molecule has 6 nitrogen and oxygen atoms in total. The number of nitrogens with zero attached hydrogens (tertiary/aromatic N) is 2. The summed E-state index contributed by atoms with van der Waals surface area (Å²) < 4.78 is 27.4. The summed E-state index contributed by atoms with van der Waals surface area (Å²) in [5, 5.41) is 9.17. The number of halogens is 1. The number of benzene rings is 3. The van der Waals surface area contributed by atoms with Crippen molar-refractivity contribution in [3.05, 3.63) is 94.2 Å². The third-order valence-electron chi connectivity index (χ3n) is 8.61. The zero-order valence-electron chi connectivity index (χ0n) is 23.1. The Morgan fingerprint density at radius 2 is 1.85 bits per heavy atom. The Morgan fingerprint density at radius 1 is 1.05 bits per heavy atom. The first-order valence-corrected chi connectivity index (χ1v) is 14.3. The quantitative estimate of drug-likeness (QED) is 0.257. The summed E-state index contributed by atoms with van der Waals surface area (Å²) in [7, 11) is 0. The maximum Gasteiger partial charge on any atom is 0.304 e. The van der Waals surface area contributed by atoms with Crippen LogP contribution in [0.4, 0.5) is 4.39 Å². The van der Waals surface area contributed by atoms with Crippen LogP contribution in [0.1, 0.15) is 77.1 Å². The van der Waals surface area contributed by atoms with Gasteiger partial charge >= 0.3 is 5.97 Å². The molecule has 2 atom stereocenters. The Morgan fingerprint density at radius 3 is 2.56 bits per heavy atom. The lowest BCUT2D eigenvalue weighted by Gasteiger charge is -2.19. The van der Waals surface area contributed by atoms with Crippen LogP contribution in [-0.2, 0) is 11.2 Å². The molecule has 1 saturated carbocycles. The van der Waals surface area contributed by atoms with Crippen molar-refractivity contribution in [2.45, 2.75) is 63.9 Å². The molecule has 2 aliphatic carbocycles. The zero-order chi connectivity index (χ0) is 28.2. The number of carboxylic acid groups (broad SMARTS) is 1. The summed E-state index contributed by atoms with van der Waals surface area (Å²) in [6.07, 6.45) is 7.16. The maximum absolute atomic E-state index is 15.3. The molecule has 4 aromatic rings.